The fraction of sp³-hybridized carbons (Fsp3) is 0.579. The van der Waals surface area contributed by atoms with Gasteiger partial charge in [-0.15, -0.1) is 11.3 Å². The summed E-state index contributed by atoms with van der Waals surface area (Å²) in [6, 6.07) is 4.23. The van der Waals surface area contributed by atoms with Crippen molar-refractivity contribution in [3.05, 3.63) is 46.2 Å². The Morgan fingerprint density at radius 1 is 1.12 bits per heavy atom. The molecule has 2 aromatic heterocycles. The van der Waals surface area contributed by atoms with E-state index < -0.39 is 0 Å². The summed E-state index contributed by atoms with van der Waals surface area (Å²) < 4.78 is 0. The maximum atomic E-state index is 4.62. The number of aromatic nitrogens is 2. The van der Waals surface area contributed by atoms with E-state index in [9.17, 15) is 0 Å². The Balaban J connectivity index is 1.29. The lowest BCUT2D eigenvalue weighted by molar-refractivity contribution is 0.101. The number of aryl methyl sites for hydroxylation is 1. The quantitative estimate of drug-likeness (QED) is 0.853. The first-order valence-corrected chi connectivity index (χ1v) is 9.83. The van der Waals surface area contributed by atoms with E-state index in [4.69, 9.17) is 0 Å². The van der Waals surface area contributed by atoms with E-state index in [0.29, 0.717) is 5.41 Å². The second-order valence-electron chi connectivity index (χ2n) is 7.46. The summed E-state index contributed by atoms with van der Waals surface area (Å²) in [4.78, 5) is 14.1. The molecule has 4 heterocycles. The molecule has 0 aromatic carbocycles. The number of thiazole rings is 1. The largest absolute Gasteiger partial charge is 0.298 e. The standard InChI is InChI=1S/C19H26N4S/c1-16-21-18(14-24-16)13-22-8-4-19(5-9-22)6-10-23(15-19)12-17-3-2-7-20-11-17/h2-3,7,11,14H,4-6,8-10,12-13,15H2,1H3. The van der Waals surface area contributed by atoms with Gasteiger partial charge in [0.2, 0.25) is 0 Å². The van der Waals surface area contributed by atoms with E-state index in [1.165, 1.54) is 61.7 Å². The van der Waals surface area contributed by atoms with Gasteiger partial charge in [-0.1, -0.05) is 6.07 Å². The number of hydrogen-bond acceptors (Lipinski definition) is 5. The lowest BCUT2D eigenvalue weighted by Crippen LogP contribution is -2.41. The highest BCUT2D eigenvalue weighted by atomic mass is 32.1. The zero-order valence-electron chi connectivity index (χ0n) is 14.4. The Morgan fingerprint density at radius 2 is 1.92 bits per heavy atom. The Kier molecular flexibility index (Phi) is 4.66. The molecule has 2 aromatic rings. The van der Waals surface area contributed by atoms with Gasteiger partial charge in [0.1, 0.15) is 0 Å². The first-order valence-electron chi connectivity index (χ1n) is 8.95. The van der Waals surface area contributed by atoms with Crippen LogP contribution in [0.1, 0.15) is 35.5 Å². The van der Waals surface area contributed by atoms with Gasteiger partial charge >= 0.3 is 0 Å². The van der Waals surface area contributed by atoms with Crippen molar-refractivity contribution in [3.63, 3.8) is 0 Å². The summed E-state index contributed by atoms with van der Waals surface area (Å²) in [5.41, 5.74) is 3.14. The number of hydrogen-bond donors (Lipinski definition) is 0. The fourth-order valence-corrected chi connectivity index (χ4v) is 4.82. The van der Waals surface area contributed by atoms with E-state index in [2.05, 4.69) is 38.1 Å². The van der Waals surface area contributed by atoms with Crippen LogP contribution in [0, 0.1) is 12.3 Å². The number of nitrogens with zero attached hydrogens (tertiary/aromatic N) is 4. The predicted octanol–water partition coefficient (Wildman–Crippen LogP) is 3.33. The lowest BCUT2D eigenvalue weighted by atomic mass is 9.78. The van der Waals surface area contributed by atoms with Gasteiger partial charge in [-0.3, -0.25) is 14.8 Å². The number of rotatable bonds is 4. The summed E-state index contributed by atoms with van der Waals surface area (Å²) in [5.74, 6) is 0. The molecule has 0 unspecified atom stereocenters. The average Bonchev–Trinajstić information content (AvgIpc) is 3.18. The van der Waals surface area contributed by atoms with Gasteiger partial charge in [-0.2, -0.15) is 0 Å². The topological polar surface area (TPSA) is 32.3 Å². The van der Waals surface area contributed by atoms with E-state index in [0.717, 1.165) is 13.1 Å². The first kappa shape index (κ1) is 16.2. The summed E-state index contributed by atoms with van der Waals surface area (Å²) in [6.07, 6.45) is 7.88. The molecule has 2 fully saturated rings. The molecule has 2 aliphatic heterocycles. The van der Waals surface area contributed by atoms with Crippen LogP contribution in [0.25, 0.3) is 0 Å². The minimum Gasteiger partial charge on any atom is -0.298 e. The van der Waals surface area contributed by atoms with Crippen molar-refractivity contribution in [3.8, 4) is 0 Å². The van der Waals surface area contributed by atoms with E-state index in [1.54, 1.807) is 11.3 Å². The summed E-state index contributed by atoms with van der Waals surface area (Å²) >= 11 is 1.76. The molecule has 4 rings (SSSR count). The smallest absolute Gasteiger partial charge is 0.0897 e. The lowest BCUT2D eigenvalue weighted by Gasteiger charge is -2.39. The molecule has 0 aliphatic carbocycles. The monoisotopic (exact) mass is 342 g/mol. The van der Waals surface area contributed by atoms with Crippen molar-refractivity contribution >= 4 is 11.3 Å². The molecule has 0 radical (unpaired) electrons. The normalized spacial score (nSPS) is 21.5. The maximum Gasteiger partial charge on any atom is 0.0897 e. The van der Waals surface area contributed by atoms with Crippen molar-refractivity contribution < 1.29 is 0 Å². The third kappa shape index (κ3) is 3.68. The SMILES string of the molecule is Cc1nc(CN2CCC3(CC2)CCN(Cc2cccnc2)C3)cs1. The Bertz CT molecular complexity index is 661. The third-order valence-corrected chi connectivity index (χ3v) is 6.44. The Hall–Kier alpha value is -1.30. The van der Waals surface area contributed by atoms with Crippen molar-refractivity contribution in [1.29, 1.82) is 0 Å². The van der Waals surface area contributed by atoms with Gasteiger partial charge in [-0.25, -0.2) is 4.98 Å². The predicted molar refractivity (Wildman–Crippen MR) is 97.9 cm³/mol. The van der Waals surface area contributed by atoms with Crippen LogP contribution >= 0.6 is 11.3 Å². The zero-order valence-corrected chi connectivity index (χ0v) is 15.3. The van der Waals surface area contributed by atoms with Crippen molar-refractivity contribution in [2.24, 2.45) is 5.41 Å². The Labute approximate surface area is 148 Å². The second kappa shape index (κ2) is 6.90. The molecule has 24 heavy (non-hydrogen) atoms. The highest BCUT2D eigenvalue weighted by Gasteiger charge is 2.40. The zero-order chi connectivity index (χ0) is 16.4. The molecule has 0 atom stereocenters. The van der Waals surface area contributed by atoms with E-state index >= 15 is 0 Å². The van der Waals surface area contributed by atoms with Gasteiger partial charge in [0.15, 0.2) is 0 Å². The van der Waals surface area contributed by atoms with Crippen LogP contribution in [0.15, 0.2) is 29.9 Å². The highest BCUT2D eigenvalue weighted by molar-refractivity contribution is 7.09. The number of likely N-dealkylation sites (tertiary alicyclic amines) is 2. The Morgan fingerprint density at radius 3 is 2.58 bits per heavy atom. The van der Waals surface area contributed by atoms with Crippen LogP contribution in [-0.2, 0) is 13.1 Å². The molecule has 0 amide bonds. The van der Waals surface area contributed by atoms with Crippen molar-refractivity contribution in [2.45, 2.75) is 39.3 Å². The molecule has 2 aliphatic rings. The van der Waals surface area contributed by atoms with E-state index in [-0.39, 0.29) is 0 Å². The van der Waals surface area contributed by atoms with Crippen LogP contribution in [-0.4, -0.2) is 45.9 Å². The molecule has 2 saturated heterocycles. The molecule has 0 bridgehead atoms. The fourth-order valence-electron chi connectivity index (χ4n) is 4.22. The first-order chi connectivity index (χ1) is 11.7. The minimum absolute atomic E-state index is 0.552. The molecule has 5 heteroatoms. The van der Waals surface area contributed by atoms with Gasteiger partial charge < -0.3 is 0 Å². The highest BCUT2D eigenvalue weighted by Crippen LogP contribution is 2.41. The summed E-state index contributed by atoms with van der Waals surface area (Å²) in [7, 11) is 0. The summed E-state index contributed by atoms with van der Waals surface area (Å²) in [6.45, 7) is 9.10. The van der Waals surface area contributed by atoms with Gasteiger partial charge in [-0.05, 0) is 62.9 Å². The number of piperidine rings is 1. The maximum absolute atomic E-state index is 4.62. The molecule has 1 spiro atoms. The van der Waals surface area contributed by atoms with Crippen LogP contribution < -0.4 is 0 Å². The van der Waals surface area contributed by atoms with Gasteiger partial charge in [0, 0.05) is 37.4 Å². The molecular formula is C19H26N4S. The van der Waals surface area contributed by atoms with Gasteiger partial charge in [0.25, 0.3) is 0 Å². The van der Waals surface area contributed by atoms with Crippen LogP contribution in [0.2, 0.25) is 0 Å². The molecule has 0 saturated carbocycles. The average molecular weight is 343 g/mol. The molecule has 4 nitrogen and oxygen atoms in total. The number of pyridine rings is 1. The van der Waals surface area contributed by atoms with E-state index in [1.807, 2.05) is 18.5 Å². The summed E-state index contributed by atoms with van der Waals surface area (Å²) in [5, 5.41) is 3.39. The van der Waals surface area contributed by atoms with Gasteiger partial charge in [0.05, 0.1) is 10.7 Å². The van der Waals surface area contributed by atoms with Crippen LogP contribution in [0.5, 0.6) is 0 Å². The molecular weight excluding hydrogens is 316 g/mol. The molecule has 0 N–H and O–H groups in total. The third-order valence-electron chi connectivity index (χ3n) is 5.62. The van der Waals surface area contributed by atoms with Crippen molar-refractivity contribution in [2.75, 3.05) is 26.2 Å². The van der Waals surface area contributed by atoms with Crippen molar-refractivity contribution in [1.82, 2.24) is 19.8 Å². The van der Waals surface area contributed by atoms with Crippen LogP contribution in [0.4, 0.5) is 0 Å². The minimum atomic E-state index is 0.552. The second-order valence-corrected chi connectivity index (χ2v) is 8.52. The molecule has 128 valence electrons. The van der Waals surface area contributed by atoms with Crippen LogP contribution in [0.3, 0.4) is 0 Å².